The van der Waals surface area contributed by atoms with Gasteiger partial charge in [-0.1, -0.05) is 187 Å². The first-order valence-electron chi connectivity index (χ1n) is 31.4. The van der Waals surface area contributed by atoms with Crippen LogP contribution in [0.15, 0.2) is 0 Å². The van der Waals surface area contributed by atoms with Crippen LogP contribution in [0.1, 0.15) is 220 Å². The first-order chi connectivity index (χ1) is 39.4. The molecule has 82 heavy (non-hydrogen) atoms. The first-order valence-corrected chi connectivity index (χ1v) is 31.4. The summed E-state index contributed by atoms with van der Waals surface area (Å²) >= 11 is 0. The van der Waals surface area contributed by atoms with Gasteiger partial charge in [0.15, 0.2) is 12.6 Å². The van der Waals surface area contributed by atoms with Gasteiger partial charge < -0.3 is 100 Å². The van der Waals surface area contributed by atoms with E-state index in [2.05, 4.69) is 24.5 Å². The summed E-state index contributed by atoms with van der Waals surface area (Å²) in [5, 5.41) is 136. The van der Waals surface area contributed by atoms with Gasteiger partial charge in [0.05, 0.1) is 50.7 Å². The molecule has 3 heterocycles. The molecule has 18 unspecified atom stereocenters. The van der Waals surface area contributed by atoms with Crippen LogP contribution in [-0.2, 0) is 42.8 Å². The third kappa shape index (κ3) is 25.6. The number of aliphatic hydroxyl groups is 11. The van der Waals surface area contributed by atoms with E-state index < -0.39 is 148 Å². The second kappa shape index (κ2) is 41.8. The summed E-state index contributed by atoms with van der Waals surface area (Å²) in [6, 6.07) is -2.52. The van der Waals surface area contributed by atoms with Crippen LogP contribution in [0.5, 0.6) is 0 Å². The van der Waals surface area contributed by atoms with E-state index in [1.807, 2.05) is 0 Å². The summed E-state index contributed by atoms with van der Waals surface area (Å²) in [6.07, 6.45) is 4.12. The summed E-state index contributed by atoms with van der Waals surface area (Å²) in [6.45, 7) is 2.18. The van der Waals surface area contributed by atoms with Gasteiger partial charge in [-0.05, 0) is 12.8 Å². The highest BCUT2D eigenvalue weighted by molar-refractivity contribution is 5.77. The molecule has 3 saturated heterocycles. The minimum absolute atomic E-state index is 0.228. The lowest BCUT2D eigenvalue weighted by Gasteiger charge is -2.50. The van der Waals surface area contributed by atoms with Gasteiger partial charge in [-0.2, -0.15) is 0 Å². The lowest BCUT2D eigenvalue weighted by atomic mass is 9.88. The number of unbranched alkanes of at least 4 members (excludes halogenated alkanes) is 26. The number of carboxylic acid groups (broad SMARTS) is 1. The summed E-state index contributed by atoms with van der Waals surface area (Å²) in [4.78, 5) is 38.4. The smallest absolute Gasteiger partial charge is 0.364 e. The van der Waals surface area contributed by atoms with E-state index in [1.54, 1.807) is 0 Å². The van der Waals surface area contributed by atoms with Gasteiger partial charge in [-0.3, -0.25) is 9.59 Å². The molecule has 3 rings (SSSR count). The normalized spacial score (nSPS) is 30.1. The van der Waals surface area contributed by atoms with Gasteiger partial charge in [0, 0.05) is 19.8 Å². The molecule has 3 aliphatic heterocycles. The molecule has 0 radical (unpaired) electrons. The third-order valence-electron chi connectivity index (χ3n) is 16.3. The van der Waals surface area contributed by atoms with E-state index in [1.165, 1.54) is 116 Å². The number of rotatable bonds is 46. The number of aliphatic carboxylic acids is 1. The minimum Gasteiger partial charge on any atom is -0.477 e. The van der Waals surface area contributed by atoms with E-state index in [9.17, 15) is 75.7 Å². The molecule has 0 saturated carbocycles. The molecule has 23 heteroatoms. The molecule has 18 atom stereocenters. The largest absolute Gasteiger partial charge is 0.477 e. The number of hydrogen-bond donors (Lipinski definition) is 14. The van der Waals surface area contributed by atoms with Crippen molar-refractivity contribution < 1.29 is 104 Å². The van der Waals surface area contributed by atoms with Crippen molar-refractivity contribution in [2.24, 2.45) is 0 Å². The Kier molecular flexibility index (Phi) is 37.7. The van der Waals surface area contributed by atoms with Crippen molar-refractivity contribution in [2.75, 3.05) is 26.4 Å². The summed E-state index contributed by atoms with van der Waals surface area (Å²) in [5.74, 6) is -6.10. The Bertz CT molecular complexity index is 1690. The Labute approximate surface area is 487 Å². The molecule has 2 amide bonds. The molecule has 0 spiro atoms. The van der Waals surface area contributed by atoms with Gasteiger partial charge in [-0.15, -0.1) is 0 Å². The van der Waals surface area contributed by atoms with Crippen LogP contribution in [0.4, 0.5) is 0 Å². The maximum Gasteiger partial charge on any atom is 0.364 e. The zero-order valence-electron chi connectivity index (χ0n) is 49.6. The number of amides is 2. The predicted molar refractivity (Wildman–Crippen MR) is 302 cm³/mol. The zero-order chi connectivity index (χ0) is 60.5. The van der Waals surface area contributed by atoms with Crippen LogP contribution < -0.4 is 10.6 Å². The van der Waals surface area contributed by atoms with Gasteiger partial charge in [0.1, 0.15) is 67.1 Å². The molecule has 0 aromatic heterocycles. The van der Waals surface area contributed by atoms with Crippen LogP contribution in [0.3, 0.4) is 0 Å². The molecule has 0 bridgehead atoms. The standard InChI is InChI=1S/C59H110N2O21/c1-4-6-8-10-12-14-16-18-19-20-21-23-25-27-29-31-33-46(69)61-40(41(66)32-30-28-26-24-22-17-15-13-11-9-7-5-2)38-77-56-51(73)50(72)53(45(37-64)79-56)80-57-52(74)55(49(71)44(36-63)78-57)82-59(58(75)76)34-42(67)47(60-39(3)65)54(81-59)48(70)43(68)35-62/h40-45,47-57,62-64,66-68,70-74H,4-38H2,1-3H3,(H,60,65)(H,61,69)(H,75,76). The van der Waals surface area contributed by atoms with Crippen LogP contribution in [0.25, 0.3) is 0 Å². The fourth-order valence-corrected chi connectivity index (χ4v) is 11.2. The van der Waals surface area contributed by atoms with E-state index in [0.717, 1.165) is 58.3 Å². The Morgan fingerprint density at radius 2 is 1.06 bits per heavy atom. The number of carbonyl (C=O) groups excluding carboxylic acids is 2. The number of aliphatic hydroxyl groups excluding tert-OH is 11. The van der Waals surface area contributed by atoms with Gasteiger partial charge in [0.25, 0.3) is 5.79 Å². The number of carbonyl (C=O) groups is 3. The molecular weight excluding hydrogens is 1070 g/mol. The van der Waals surface area contributed by atoms with E-state index >= 15 is 0 Å². The third-order valence-corrected chi connectivity index (χ3v) is 16.3. The molecule has 0 aromatic rings. The molecule has 0 aromatic carbocycles. The predicted octanol–water partition coefficient (Wildman–Crippen LogP) is 3.39. The fourth-order valence-electron chi connectivity index (χ4n) is 11.2. The van der Waals surface area contributed by atoms with Gasteiger partial charge in [-0.25, -0.2) is 4.79 Å². The lowest BCUT2D eigenvalue weighted by Crippen LogP contribution is -2.70. The Hall–Kier alpha value is -2.27. The summed E-state index contributed by atoms with van der Waals surface area (Å²) in [7, 11) is 0. The van der Waals surface area contributed by atoms with Crippen molar-refractivity contribution in [3.8, 4) is 0 Å². The maximum absolute atomic E-state index is 13.4. The zero-order valence-corrected chi connectivity index (χ0v) is 49.6. The van der Waals surface area contributed by atoms with Gasteiger partial charge in [0.2, 0.25) is 11.8 Å². The second-order valence-electron chi connectivity index (χ2n) is 23.3. The average Bonchev–Trinajstić information content (AvgIpc) is 3.46. The van der Waals surface area contributed by atoms with Crippen molar-refractivity contribution in [3.63, 3.8) is 0 Å². The maximum atomic E-state index is 13.4. The molecule has 14 N–H and O–H groups in total. The average molecular weight is 1180 g/mol. The Balaban J connectivity index is 1.64. The SMILES string of the molecule is CCCCCCCCCCCCCCCCCCC(=O)NC(COC1OC(CO)C(OC2OC(CO)C(O)C(OC3(C(=O)O)CC(O)C(NC(C)=O)C(C(O)C(O)CO)O3)C2O)C(O)C1O)C(O)CCCCCCCCCCCCCC. The number of ether oxygens (including phenoxy) is 6. The van der Waals surface area contributed by atoms with E-state index in [4.69, 9.17) is 28.4 Å². The van der Waals surface area contributed by atoms with Gasteiger partial charge >= 0.3 is 5.97 Å². The van der Waals surface area contributed by atoms with Crippen LogP contribution in [0, 0.1) is 0 Å². The van der Waals surface area contributed by atoms with Crippen LogP contribution in [0.2, 0.25) is 0 Å². The second-order valence-corrected chi connectivity index (χ2v) is 23.3. The quantitative estimate of drug-likeness (QED) is 0.0388. The number of hydrogen-bond acceptors (Lipinski definition) is 20. The van der Waals surface area contributed by atoms with E-state index in [0.29, 0.717) is 19.3 Å². The Morgan fingerprint density at radius 3 is 1.52 bits per heavy atom. The molecule has 482 valence electrons. The number of carboxylic acids is 1. The molecule has 3 fully saturated rings. The molecule has 0 aliphatic carbocycles. The highest BCUT2D eigenvalue weighted by atomic mass is 16.8. The van der Waals surface area contributed by atoms with Crippen LogP contribution in [-0.4, -0.2) is 215 Å². The molecule has 3 aliphatic rings. The summed E-state index contributed by atoms with van der Waals surface area (Å²) in [5.41, 5.74) is 0. The molecular formula is C59H110N2O21. The number of nitrogens with one attached hydrogen (secondary N) is 2. The highest BCUT2D eigenvalue weighted by Crippen LogP contribution is 2.38. The monoisotopic (exact) mass is 1180 g/mol. The van der Waals surface area contributed by atoms with Crippen molar-refractivity contribution in [1.29, 1.82) is 0 Å². The van der Waals surface area contributed by atoms with Crippen molar-refractivity contribution in [3.05, 3.63) is 0 Å². The van der Waals surface area contributed by atoms with Crippen molar-refractivity contribution >= 4 is 17.8 Å². The van der Waals surface area contributed by atoms with E-state index in [-0.39, 0.29) is 18.9 Å². The fraction of sp³-hybridized carbons (Fsp3) is 0.949. The van der Waals surface area contributed by atoms with Crippen molar-refractivity contribution in [1.82, 2.24) is 10.6 Å². The lowest BCUT2D eigenvalue weighted by molar-refractivity contribution is -0.386. The van der Waals surface area contributed by atoms with Crippen LogP contribution >= 0.6 is 0 Å². The minimum atomic E-state index is -3.07. The Morgan fingerprint density at radius 1 is 0.585 bits per heavy atom. The summed E-state index contributed by atoms with van der Waals surface area (Å²) < 4.78 is 34.7. The topological polar surface area (TPSA) is 373 Å². The highest BCUT2D eigenvalue weighted by Gasteiger charge is 2.60. The van der Waals surface area contributed by atoms with Crippen molar-refractivity contribution in [2.45, 2.75) is 330 Å². The first kappa shape index (κ1) is 74.0. The molecule has 23 nitrogen and oxygen atoms in total.